The van der Waals surface area contributed by atoms with Crippen molar-refractivity contribution in [2.24, 2.45) is 0 Å². The number of aromatic hydroxyl groups is 1. The van der Waals surface area contributed by atoms with Crippen LogP contribution in [0.25, 0.3) is 0 Å². The maximum atomic E-state index is 12.7. The van der Waals surface area contributed by atoms with Crippen LogP contribution in [-0.4, -0.2) is 27.5 Å². The lowest BCUT2D eigenvalue weighted by Crippen LogP contribution is -2.36. The SMILES string of the molecule is CCOc1cc(C2C3=C(CCCC3=O)Nc3[nH]c(=O)[nH]c(=O)c32)ccc1O. The van der Waals surface area contributed by atoms with Gasteiger partial charge in [-0.15, -0.1) is 0 Å². The molecule has 2 aliphatic rings. The zero-order valence-electron chi connectivity index (χ0n) is 14.7. The first-order chi connectivity index (χ1) is 13.0. The van der Waals surface area contributed by atoms with Crippen LogP contribution >= 0.6 is 0 Å². The highest BCUT2D eigenvalue weighted by Gasteiger charge is 2.37. The van der Waals surface area contributed by atoms with E-state index in [1.54, 1.807) is 19.1 Å². The number of aromatic amines is 2. The van der Waals surface area contributed by atoms with Crippen LogP contribution in [0.4, 0.5) is 5.82 Å². The number of nitrogens with one attached hydrogen (secondary N) is 3. The van der Waals surface area contributed by atoms with Crippen molar-refractivity contribution in [2.75, 3.05) is 11.9 Å². The zero-order valence-corrected chi connectivity index (χ0v) is 14.7. The fourth-order valence-electron chi connectivity index (χ4n) is 3.81. The predicted octanol–water partition coefficient (Wildman–Crippen LogP) is 1.73. The molecule has 27 heavy (non-hydrogen) atoms. The Kier molecular flexibility index (Phi) is 4.10. The Morgan fingerprint density at radius 1 is 1.19 bits per heavy atom. The number of phenols is 1. The number of ketones is 1. The van der Waals surface area contributed by atoms with Crippen molar-refractivity contribution in [1.82, 2.24) is 9.97 Å². The van der Waals surface area contributed by atoms with Gasteiger partial charge in [0.2, 0.25) is 0 Å². The lowest BCUT2D eigenvalue weighted by atomic mass is 9.76. The van der Waals surface area contributed by atoms with E-state index in [9.17, 15) is 19.5 Å². The number of benzene rings is 1. The second kappa shape index (κ2) is 6.46. The zero-order chi connectivity index (χ0) is 19.1. The van der Waals surface area contributed by atoms with Gasteiger partial charge in [-0.2, -0.15) is 0 Å². The van der Waals surface area contributed by atoms with Crippen molar-refractivity contribution in [1.29, 1.82) is 0 Å². The molecule has 1 aliphatic heterocycles. The first-order valence-corrected chi connectivity index (χ1v) is 8.85. The highest BCUT2D eigenvalue weighted by Crippen LogP contribution is 2.44. The lowest BCUT2D eigenvalue weighted by molar-refractivity contribution is -0.116. The van der Waals surface area contributed by atoms with Crippen LogP contribution < -0.4 is 21.3 Å². The van der Waals surface area contributed by atoms with Crippen LogP contribution in [0, 0.1) is 0 Å². The normalized spacial score (nSPS) is 18.6. The number of carbonyl (C=O) groups is 1. The minimum Gasteiger partial charge on any atom is -0.504 e. The van der Waals surface area contributed by atoms with E-state index in [1.165, 1.54) is 6.07 Å². The molecule has 0 saturated heterocycles. The average Bonchev–Trinajstić information content (AvgIpc) is 2.62. The van der Waals surface area contributed by atoms with Gasteiger partial charge in [0.25, 0.3) is 5.56 Å². The molecule has 0 fully saturated rings. The number of rotatable bonds is 3. The minimum atomic E-state index is -0.649. The first kappa shape index (κ1) is 17.1. The molecule has 1 atom stereocenters. The molecule has 8 heteroatoms. The van der Waals surface area contributed by atoms with E-state index in [-0.39, 0.29) is 22.8 Å². The average molecular weight is 369 g/mol. The van der Waals surface area contributed by atoms with E-state index in [1.807, 2.05) is 0 Å². The van der Waals surface area contributed by atoms with Crippen LogP contribution in [0.5, 0.6) is 11.5 Å². The third kappa shape index (κ3) is 2.83. The van der Waals surface area contributed by atoms with Gasteiger partial charge >= 0.3 is 5.69 Å². The van der Waals surface area contributed by atoms with E-state index >= 15 is 0 Å². The van der Waals surface area contributed by atoms with Crippen molar-refractivity contribution in [3.05, 3.63) is 61.4 Å². The molecule has 0 spiro atoms. The van der Waals surface area contributed by atoms with Gasteiger partial charge in [-0.05, 0) is 37.5 Å². The van der Waals surface area contributed by atoms with Gasteiger partial charge in [0, 0.05) is 23.6 Å². The fraction of sp³-hybridized carbons (Fsp3) is 0.316. The van der Waals surface area contributed by atoms with Crippen LogP contribution in [0.2, 0.25) is 0 Å². The van der Waals surface area contributed by atoms with Crippen molar-refractivity contribution < 1.29 is 14.6 Å². The molecule has 0 amide bonds. The third-order valence-electron chi connectivity index (χ3n) is 4.91. The summed E-state index contributed by atoms with van der Waals surface area (Å²) >= 11 is 0. The van der Waals surface area contributed by atoms with Gasteiger partial charge in [-0.3, -0.25) is 19.6 Å². The van der Waals surface area contributed by atoms with Gasteiger partial charge < -0.3 is 15.2 Å². The Bertz CT molecular complexity index is 1080. The smallest absolute Gasteiger partial charge is 0.327 e. The van der Waals surface area contributed by atoms with Crippen molar-refractivity contribution >= 4 is 11.6 Å². The molecular formula is C19H19N3O5. The summed E-state index contributed by atoms with van der Waals surface area (Å²) in [6.45, 7) is 2.16. The Hall–Kier alpha value is -3.29. The Morgan fingerprint density at radius 3 is 2.78 bits per heavy atom. The third-order valence-corrected chi connectivity index (χ3v) is 4.91. The predicted molar refractivity (Wildman–Crippen MR) is 98.3 cm³/mol. The van der Waals surface area contributed by atoms with Gasteiger partial charge in [-0.25, -0.2) is 4.79 Å². The summed E-state index contributed by atoms with van der Waals surface area (Å²) in [6, 6.07) is 4.78. The largest absolute Gasteiger partial charge is 0.504 e. The molecule has 1 aliphatic carbocycles. The standard InChI is InChI=1S/C19H19N3O5/c1-2-27-13-8-9(6-7-11(13)23)14-15-10(4-3-5-12(15)24)20-17-16(14)18(25)22-19(26)21-17/h6-8,14,23H,2-5H2,1H3,(H3,20,21,22,25,26). The monoisotopic (exact) mass is 369 g/mol. The van der Waals surface area contributed by atoms with Crippen LogP contribution in [-0.2, 0) is 4.79 Å². The van der Waals surface area contributed by atoms with Gasteiger partial charge in [0.05, 0.1) is 12.2 Å². The molecular weight excluding hydrogens is 350 g/mol. The van der Waals surface area contributed by atoms with E-state index in [0.717, 1.165) is 5.70 Å². The summed E-state index contributed by atoms with van der Waals surface area (Å²) in [5, 5.41) is 13.1. The summed E-state index contributed by atoms with van der Waals surface area (Å²) in [5.74, 6) is -0.121. The number of fused-ring (bicyclic) bond motifs is 1. The number of phenolic OH excluding ortho intramolecular Hbond substituents is 1. The number of allylic oxidation sites excluding steroid dienone is 2. The molecule has 2 aromatic rings. The van der Waals surface area contributed by atoms with E-state index < -0.39 is 17.2 Å². The number of aromatic nitrogens is 2. The van der Waals surface area contributed by atoms with Gasteiger partial charge in [0.1, 0.15) is 5.82 Å². The second-order valence-corrected chi connectivity index (χ2v) is 6.58. The number of anilines is 1. The number of hydrogen-bond donors (Lipinski definition) is 4. The van der Waals surface area contributed by atoms with Crippen LogP contribution in [0.1, 0.15) is 43.2 Å². The van der Waals surface area contributed by atoms with Crippen molar-refractivity contribution in [2.45, 2.75) is 32.1 Å². The Labute approximate surface area is 153 Å². The Morgan fingerprint density at radius 2 is 2.00 bits per heavy atom. The molecule has 8 nitrogen and oxygen atoms in total. The van der Waals surface area contributed by atoms with E-state index in [4.69, 9.17) is 4.74 Å². The minimum absolute atomic E-state index is 0.0192. The second-order valence-electron chi connectivity index (χ2n) is 6.58. The maximum Gasteiger partial charge on any atom is 0.327 e. The van der Waals surface area contributed by atoms with Crippen LogP contribution in [0.15, 0.2) is 39.1 Å². The molecule has 0 bridgehead atoms. The van der Waals surface area contributed by atoms with E-state index in [0.29, 0.717) is 42.8 Å². The Balaban J connectivity index is 1.98. The highest BCUT2D eigenvalue weighted by molar-refractivity contribution is 6.00. The van der Waals surface area contributed by atoms with E-state index in [2.05, 4.69) is 15.3 Å². The molecule has 2 heterocycles. The molecule has 0 radical (unpaired) electrons. The molecule has 4 rings (SSSR count). The summed E-state index contributed by atoms with van der Waals surface area (Å²) < 4.78 is 5.46. The molecule has 140 valence electrons. The first-order valence-electron chi connectivity index (χ1n) is 8.85. The molecule has 0 saturated carbocycles. The number of Topliss-reactive ketones (excluding diaryl/α,β-unsaturated/α-hetero) is 1. The summed E-state index contributed by atoms with van der Waals surface area (Å²) in [7, 11) is 0. The van der Waals surface area contributed by atoms with Crippen molar-refractivity contribution in [3.8, 4) is 11.5 Å². The van der Waals surface area contributed by atoms with Gasteiger partial charge in [-0.1, -0.05) is 6.07 Å². The fourth-order valence-corrected chi connectivity index (χ4v) is 3.81. The number of H-pyrrole nitrogens is 2. The summed E-state index contributed by atoms with van der Waals surface area (Å²) in [6.07, 6.45) is 1.77. The molecule has 1 aromatic carbocycles. The topological polar surface area (TPSA) is 124 Å². The number of carbonyl (C=O) groups excluding carboxylic acids is 1. The van der Waals surface area contributed by atoms with Crippen molar-refractivity contribution in [3.63, 3.8) is 0 Å². The number of ether oxygens (including phenoxy) is 1. The maximum absolute atomic E-state index is 12.7. The summed E-state index contributed by atoms with van der Waals surface area (Å²) in [4.78, 5) is 41.9. The molecule has 1 unspecified atom stereocenters. The van der Waals surface area contributed by atoms with Crippen LogP contribution in [0.3, 0.4) is 0 Å². The van der Waals surface area contributed by atoms with Gasteiger partial charge in [0.15, 0.2) is 17.3 Å². The molecule has 4 N–H and O–H groups in total. The number of hydrogen-bond acceptors (Lipinski definition) is 6. The lowest BCUT2D eigenvalue weighted by Gasteiger charge is -2.32. The summed E-state index contributed by atoms with van der Waals surface area (Å²) in [5.41, 5.74) is 0.991. The molecule has 1 aromatic heterocycles. The quantitative estimate of drug-likeness (QED) is 0.653. The highest BCUT2D eigenvalue weighted by atomic mass is 16.5.